The van der Waals surface area contributed by atoms with Gasteiger partial charge in [0.25, 0.3) is 0 Å². The van der Waals surface area contributed by atoms with Gasteiger partial charge in [0, 0.05) is 254 Å². The number of hydrogen-bond acceptors (Lipinski definition) is 22. The van der Waals surface area contributed by atoms with Crippen LogP contribution in [0, 0.1) is 82.9 Å². The number of aromatic nitrogens is 18. The molecule has 24 heterocycles. The molecule has 9 unspecified atom stereocenters. The molecule has 28 nitrogen and oxygen atoms in total. The minimum atomic E-state index is -0.977. The second-order valence-electron chi connectivity index (χ2n) is 35.3. The van der Waals surface area contributed by atoms with Gasteiger partial charge in [0.15, 0.2) is 0 Å². The summed E-state index contributed by atoms with van der Waals surface area (Å²) < 4.78 is 10.6. The first-order chi connectivity index (χ1) is 61.7. The Bertz CT molecular complexity index is 6660. The highest BCUT2D eigenvalue weighted by atomic mass is 16.3. The molecule has 10 aliphatic rings. The molecule has 1 saturated carbocycles. The van der Waals surface area contributed by atoms with Gasteiger partial charge in [-0.15, -0.1) is 19.3 Å². The molecule has 0 aromatic carbocycles. The summed E-state index contributed by atoms with van der Waals surface area (Å²) in [6.45, 7) is 13.6. The smallest absolute Gasteiger partial charge is 0.128 e. The molecule has 628 valence electrons. The summed E-state index contributed by atoms with van der Waals surface area (Å²) in [4.78, 5) is 43.7. The lowest BCUT2D eigenvalue weighted by Gasteiger charge is -2.60. The molecule has 0 amide bonds. The van der Waals surface area contributed by atoms with Crippen LogP contribution in [0.3, 0.4) is 0 Å². The lowest BCUT2D eigenvalue weighted by Crippen LogP contribution is -2.71. The maximum Gasteiger partial charge on any atom is 0.128 e. The Morgan fingerprint density at radius 1 is 0.378 bits per heavy atom. The minimum absolute atomic E-state index is 0.236. The topological polar surface area (TPSA) is 294 Å². The number of fused-ring (bicyclic) bond motifs is 9. The van der Waals surface area contributed by atoms with E-state index in [4.69, 9.17) is 44.2 Å². The fourth-order valence-corrected chi connectivity index (χ4v) is 20.2. The SMILES string of the molecule is C#Cc1ccc(C(C(C)C)N2C3CC2CN(c2ccc(-c4cc(-c5cnn(C)c5)cn5ncc(C#N)c45)cn2)C3)nc1.C#Cc1ccc(C(C2CC2)N2C3CC2CN(c2ccc(-c4cc(-c5cnn(C)c5)cn5ncc(C#N)c45)cn2)C3)nc1.C#Cc1ccc(C(N2C3CC2CN(c2ccc(-c4cc(-c5cnn(C)c5)cn5ncc(C#N)c45)cn2)C3)C(C)(C)O)nc1. The zero-order valence-electron chi connectivity index (χ0n) is 71.4. The second kappa shape index (κ2) is 32.6. The van der Waals surface area contributed by atoms with Gasteiger partial charge in [0.05, 0.1) is 111 Å². The number of aryl methyl sites for hydroxylation is 3. The van der Waals surface area contributed by atoms with Gasteiger partial charge >= 0.3 is 0 Å². The molecule has 1 aliphatic carbocycles. The van der Waals surface area contributed by atoms with Gasteiger partial charge < -0.3 is 19.8 Å². The van der Waals surface area contributed by atoms with Crippen molar-refractivity contribution in [2.45, 2.75) is 120 Å². The van der Waals surface area contributed by atoms with Crippen LogP contribution in [0.5, 0.6) is 0 Å². The molecule has 0 spiro atoms. The van der Waals surface area contributed by atoms with Crippen molar-refractivity contribution in [3.63, 3.8) is 0 Å². The summed E-state index contributed by atoms with van der Waals surface area (Å²) in [5.41, 5.74) is 19.7. The Morgan fingerprint density at radius 3 is 1.02 bits per heavy atom. The number of terminal acetylenes is 3. The summed E-state index contributed by atoms with van der Waals surface area (Å²) in [5.74, 6) is 12.0. The Morgan fingerprint density at radius 2 is 0.724 bits per heavy atom. The summed E-state index contributed by atoms with van der Waals surface area (Å²) in [5, 5.41) is 66.8. The molecule has 15 aromatic rings. The quantitative estimate of drug-likeness (QED) is 0.0781. The van der Waals surface area contributed by atoms with E-state index in [1.165, 1.54) is 25.7 Å². The highest BCUT2D eigenvalue weighted by Gasteiger charge is 2.55. The standard InChI is InChI=1S/C33H31N9O.C33H29N9.C33H31N9/c1-5-21-6-8-29(35-13-21)32(33(2,3)43)42-26-11-27(42)20-40(19-26)30-9-7-22(14-36-30)28-10-23(25-16-37-39(4)17-25)18-41-31(28)24(12-34)15-38-41;1-3-21-4-8-30(35-13-21)33(22-5-6-22)42-27-11-28(42)20-40(19-27)31-9-7-23(14-36-31)29-10-24(26-16-37-39(2)17-26)18-41-32(29)25(12-34)15-38-41;1-5-22-6-8-30(35-13-22)32(21(2)3)42-27-11-28(42)20-40(19-27)31-9-7-23(14-36-31)29-10-24(26-16-37-39(4)17-26)18-41-33(29)25(12-34)15-38-41/h1,6-10,13-18,26-27,32,43H,11,19-20H2,2-4H3;1,4,7-10,13-18,22,27-28,33H,5-6,11,19-20H2,2H3;1,6-10,13-18,21,27-28,32H,11,19-20H2,2-4H3. The summed E-state index contributed by atoms with van der Waals surface area (Å²) in [6.07, 6.45) is 55.7. The Balaban J connectivity index is 0.000000120. The third-order valence-corrected chi connectivity index (χ3v) is 26.3. The number of nitrogens with zero attached hydrogens (tertiary/aromatic N) is 27. The van der Waals surface area contributed by atoms with Crippen molar-refractivity contribution in [1.29, 1.82) is 15.8 Å². The van der Waals surface area contributed by atoms with Gasteiger partial charge in [-0.2, -0.15) is 46.4 Å². The van der Waals surface area contributed by atoms with Crippen LogP contribution >= 0.6 is 0 Å². The van der Waals surface area contributed by atoms with E-state index < -0.39 is 5.60 Å². The van der Waals surface area contributed by atoms with Crippen molar-refractivity contribution in [2.24, 2.45) is 33.0 Å². The van der Waals surface area contributed by atoms with E-state index in [9.17, 15) is 20.9 Å². The molecule has 127 heavy (non-hydrogen) atoms. The normalized spacial score (nSPS) is 19.5. The van der Waals surface area contributed by atoms with Crippen LogP contribution in [0.4, 0.5) is 17.5 Å². The van der Waals surface area contributed by atoms with Crippen LogP contribution in [-0.2, 0) is 21.1 Å². The average Bonchev–Trinajstić information content (AvgIpc) is 1.70. The summed E-state index contributed by atoms with van der Waals surface area (Å²) in [7, 11) is 5.68. The zero-order valence-corrected chi connectivity index (χ0v) is 71.4. The van der Waals surface area contributed by atoms with Gasteiger partial charge in [-0.3, -0.25) is 43.7 Å². The molecule has 25 rings (SSSR count). The van der Waals surface area contributed by atoms with E-state index in [2.05, 4.69) is 175 Å². The van der Waals surface area contributed by atoms with Gasteiger partial charge in [-0.25, -0.2) is 28.5 Å². The number of hydrogen-bond donors (Lipinski definition) is 1. The van der Waals surface area contributed by atoms with Crippen molar-refractivity contribution < 1.29 is 5.11 Å². The van der Waals surface area contributed by atoms with Crippen LogP contribution in [0.25, 0.3) is 83.3 Å². The van der Waals surface area contributed by atoms with Crippen molar-refractivity contribution in [2.75, 3.05) is 54.0 Å². The maximum atomic E-state index is 11.2. The van der Waals surface area contributed by atoms with Crippen molar-refractivity contribution >= 4 is 34.0 Å². The first-order valence-corrected chi connectivity index (χ1v) is 42.9. The molecule has 9 saturated heterocycles. The summed E-state index contributed by atoms with van der Waals surface area (Å²) >= 11 is 0. The van der Waals surface area contributed by atoms with E-state index in [0.717, 1.165) is 180 Å². The highest BCUT2D eigenvalue weighted by Crippen LogP contribution is 2.52. The molecular weight excluding hydrogens is 1580 g/mol. The number of piperazine rings is 3. The third-order valence-electron chi connectivity index (χ3n) is 26.3. The van der Waals surface area contributed by atoms with Gasteiger partial charge in [0.2, 0.25) is 0 Å². The Labute approximate surface area is 735 Å². The molecule has 15 aromatic heterocycles. The number of nitriles is 3. The molecule has 6 bridgehead atoms. The van der Waals surface area contributed by atoms with E-state index in [0.29, 0.717) is 58.7 Å². The molecular formula is C99H91N27O. The highest BCUT2D eigenvalue weighted by molar-refractivity contribution is 5.90. The van der Waals surface area contributed by atoms with Crippen molar-refractivity contribution in [3.8, 4) is 122 Å². The van der Waals surface area contributed by atoms with Crippen LogP contribution in [0.2, 0.25) is 0 Å². The van der Waals surface area contributed by atoms with E-state index in [-0.39, 0.29) is 24.2 Å². The predicted molar refractivity (Wildman–Crippen MR) is 483 cm³/mol. The Kier molecular flexibility index (Phi) is 20.6. The van der Waals surface area contributed by atoms with Crippen LogP contribution < -0.4 is 14.7 Å². The molecule has 1 N–H and O–H groups in total. The fraction of sp³-hybridized carbons (Fsp3) is 0.303. The van der Waals surface area contributed by atoms with E-state index in [1.54, 1.807) is 52.4 Å². The molecule has 9 aliphatic heterocycles. The second-order valence-corrected chi connectivity index (χ2v) is 35.3. The first kappa shape index (κ1) is 80.4. The van der Waals surface area contributed by atoms with Crippen LogP contribution in [0.15, 0.2) is 203 Å². The minimum Gasteiger partial charge on any atom is -0.388 e. The lowest BCUT2D eigenvalue weighted by atomic mass is 9.80. The fourth-order valence-electron chi connectivity index (χ4n) is 20.2. The van der Waals surface area contributed by atoms with Crippen molar-refractivity contribution in [1.82, 2.24) is 103 Å². The number of pyridine rings is 9. The van der Waals surface area contributed by atoms with Gasteiger partial charge in [0.1, 0.15) is 35.7 Å². The molecule has 0 radical (unpaired) electrons. The van der Waals surface area contributed by atoms with Gasteiger partial charge in [-0.05, 0) is 149 Å². The van der Waals surface area contributed by atoms with E-state index in [1.807, 2.05) is 152 Å². The number of piperidine rings is 3. The largest absolute Gasteiger partial charge is 0.388 e. The number of aliphatic hydroxyl groups is 1. The third kappa shape index (κ3) is 15.0. The van der Waals surface area contributed by atoms with Crippen molar-refractivity contribution in [3.05, 3.63) is 253 Å². The maximum absolute atomic E-state index is 11.2. The predicted octanol–water partition coefficient (Wildman–Crippen LogP) is 13.0. The lowest BCUT2D eigenvalue weighted by molar-refractivity contribution is -0.115. The summed E-state index contributed by atoms with van der Waals surface area (Å²) in [6, 6.07) is 40.5. The average molecular weight is 1680 g/mol. The van der Waals surface area contributed by atoms with Crippen LogP contribution in [0.1, 0.15) is 128 Å². The molecule has 28 heteroatoms. The van der Waals surface area contributed by atoms with E-state index >= 15 is 0 Å². The molecule has 10 fully saturated rings. The van der Waals surface area contributed by atoms with Crippen LogP contribution in [-0.4, -0.2) is 189 Å². The monoisotopic (exact) mass is 1670 g/mol. The van der Waals surface area contributed by atoms with Gasteiger partial charge in [-0.1, -0.05) is 31.6 Å². The number of rotatable bonds is 18. The number of anilines is 3. The first-order valence-electron chi connectivity index (χ1n) is 42.9. The molecule has 9 atom stereocenters. The zero-order chi connectivity index (χ0) is 87.2. The Hall–Kier alpha value is -15.0.